The number of nitrogens with zero attached hydrogens (tertiary/aromatic N) is 3. The molecular weight excluding hydrogens is 281 g/mol. The summed E-state index contributed by atoms with van der Waals surface area (Å²) >= 11 is 0. The number of anilines is 2. The Balaban J connectivity index is 1.92. The number of hydrogen-bond donors (Lipinski definition) is 1. The van der Waals surface area contributed by atoms with E-state index in [1.807, 2.05) is 11.8 Å². The van der Waals surface area contributed by atoms with Gasteiger partial charge in [-0.25, -0.2) is 4.98 Å². The van der Waals surface area contributed by atoms with Gasteiger partial charge in [0.15, 0.2) is 0 Å². The van der Waals surface area contributed by atoms with Crippen molar-refractivity contribution in [2.75, 3.05) is 30.3 Å². The quantitative estimate of drug-likeness (QED) is 0.865. The average molecular weight is 300 g/mol. The van der Waals surface area contributed by atoms with Crippen LogP contribution in [0.1, 0.15) is 25.5 Å². The minimum absolute atomic E-state index is 0.144. The Labute approximate surface area is 121 Å². The molecule has 0 aliphatic carbocycles. The molecule has 2 aliphatic rings. The van der Waals surface area contributed by atoms with Crippen molar-refractivity contribution in [2.45, 2.75) is 38.0 Å². The van der Waals surface area contributed by atoms with Crippen LogP contribution in [0.15, 0.2) is 12.3 Å². The fourth-order valence-electron chi connectivity index (χ4n) is 3.38. The summed E-state index contributed by atoms with van der Waals surface area (Å²) in [6.45, 7) is 4.71. The van der Waals surface area contributed by atoms with Gasteiger partial charge in [-0.15, -0.1) is 0 Å². The van der Waals surface area contributed by atoms with E-state index in [1.54, 1.807) is 0 Å². The van der Waals surface area contributed by atoms with E-state index < -0.39 is 11.9 Å². The van der Waals surface area contributed by atoms with Crippen LogP contribution < -0.4 is 10.6 Å². The molecule has 3 rings (SSSR count). The van der Waals surface area contributed by atoms with Gasteiger partial charge < -0.3 is 10.6 Å². The maximum Gasteiger partial charge on any atom is 0.433 e. The standard InChI is InChI=1S/C14H19F3N4/c1-9-7-20-4-2-3-10(20)8-21(9)12-5-13(14(15,16)17)19-6-11(12)18/h5-6,9-10H,2-4,7-8,18H2,1H3. The molecule has 1 aromatic rings. The van der Waals surface area contributed by atoms with Crippen LogP contribution in [-0.4, -0.2) is 41.6 Å². The number of pyridine rings is 1. The predicted molar refractivity (Wildman–Crippen MR) is 75.1 cm³/mol. The molecule has 0 spiro atoms. The molecule has 2 unspecified atom stereocenters. The molecule has 2 aliphatic heterocycles. The molecule has 2 saturated heterocycles. The molecule has 1 aromatic heterocycles. The molecule has 2 fully saturated rings. The number of hydrogen-bond acceptors (Lipinski definition) is 4. The highest BCUT2D eigenvalue weighted by molar-refractivity contribution is 5.68. The van der Waals surface area contributed by atoms with Crippen molar-refractivity contribution >= 4 is 11.4 Å². The normalized spacial score (nSPS) is 27.0. The zero-order valence-electron chi connectivity index (χ0n) is 11.9. The molecule has 2 N–H and O–H groups in total. The third-order valence-electron chi connectivity index (χ3n) is 4.45. The lowest BCUT2D eigenvalue weighted by Crippen LogP contribution is -2.55. The van der Waals surface area contributed by atoms with Crippen molar-refractivity contribution in [3.8, 4) is 0 Å². The third kappa shape index (κ3) is 2.66. The highest BCUT2D eigenvalue weighted by atomic mass is 19.4. The molecule has 0 saturated carbocycles. The van der Waals surface area contributed by atoms with Crippen LogP contribution in [-0.2, 0) is 6.18 Å². The Morgan fingerprint density at radius 1 is 1.33 bits per heavy atom. The molecule has 2 atom stereocenters. The lowest BCUT2D eigenvalue weighted by atomic mass is 10.1. The van der Waals surface area contributed by atoms with Crippen LogP contribution in [0, 0.1) is 0 Å². The first kappa shape index (κ1) is 14.4. The summed E-state index contributed by atoms with van der Waals surface area (Å²) < 4.78 is 38.5. The number of aromatic nitrogens is 1. The maximum atomic E-state index is 12.8. The predicted octanol–water partition coefficient (Wildman–Crippen LogP) is 2.36. The van der Waals surface area contributed by atoms with Crippen LogP contribution in [0.5, 0.6) is 0 Å². The minimum atomic E-state index is -4.44. The van der Waals surface area contributed by atoms with Crippen molar-refractivity contribution < 1.29 is 13.2 Å². The van der Waals surface area contributed by atoms with E-state index in [0.717, 1.165) is 44.7 Å². The molecule has 7 heteroatoms. The summed E-state index contributed by atoms with van der Waals surface area (Å²) in [6.07, 6.45) is -1.07. The summed E-state index contributed by atoms with van der Waals surface area (Å²) in [5.74, 6) is 0. The monoisotopic (exact) mass is 300 g/mol. The molecule has 0 radical (unpaired) electrons. The van der Waals surface area contributed by atoms with Crippen LogP contribution in [0.25, 0.3) is 0 Å². The van der Waals surface area contributed by atoms with Gasteiger partial charge in [-0.3, -0.25) is 4.90 Å². The van der Waals surface area contributed by atoms with Gasteiger partial charge in [-0.1, -0.05) is 0 Å². The molecule has 0 bridgehead atoms. The van der Waals surface area contributed by atoms with Gasteiger partial charge in [0.1, 0.15) is 5.69 Å². The molecule has 0 aromatic carbocycles. The summed E-state index contributed by atoms with van der Waals surface area (Å²) in [5, 5.41) is 0. The zero-order valence-corrected chi connectivity index (χ0v) is 11.9. The molecule has 4 nitrogen and oxygen atoms in total. The van der Waals surface area contributed by atoms with E-state index in [2.05, 4.69) is 9.88 Å². The average Bonchev–Trinajstić information content (AvgIpc) is 2.84. The van der Waals surface area contributed by atoms with Crippen LogP contribution >= 0.6 is 0 Å². The Hall–Kier alpha value is -1.50. The number of halogens is 3. The fraction of sp³-hybridized carbons (Fsp3) is 0.643. The van der Waals surface area contributed by atoms with Gasteiger partial charge in [0.05, 0.1) is 17.6 Å². The number of rotatable bonds is 1. The third-order valence-corrected chi connectivity index (χ3v) is 4.45. The number of piperazine rings is 1. The lowest BCUT2D eigenvalue weighted by Gasteiger charge is -2.44. The van der Waals surface area contributed by atoms with Gasteiger partial charge in [-0.05, 0) is 32.4 Å². The number of alkyl halides is 3. The van der Waals surface area contributed by atoms with Crippen molar-refractivity contribution in [3.05, 3.63) is 18.0 Å². The van der Waals surface area contributed by atoms with Crippen LogP contribution in [0.3, 0.4) is 0 Å². The van der Waals surface area contributed by atoms with Crippen molar-refractivity contribution in [1.82, 2.24) is 9.88 Å². The second kappa shape index (κ2) is 5.05. The summed E-state index contributed by atoms with van der Waals surface area (Å²) in [6, 6.07) is 1.64. The van der Waals surface area contributed by atoms with Crippen LogP contribution in [0.4, 0.5) is 24.5 Å². The van der Waals surface area contributed by atoms with Crippen molar-refractivity contribution in [3.63, 3.8) is 0 Å². The van der Waals surface area contributed by atoms with Gasteiger partial charge in [0.25, 0.3) is 0 Å². The van der Waals surface area contributed by atoms with Crippen molar-refractivity contribution in [1.29, 1.82) is 0 Å². The summed E-state index contributed by atoms with van der Waals surface area (Å²) in [5.41, 5.74) is 5.76. The van der Waals surface area contributed by atoms with Gasteiger partial charge in [0, 0.05) is 25.2 Å². The van der Waals surface area contributed by atoms with E-state index in [9.17, 15) is 13.2 Å². The lowest BCUT2D eigenvalue weighted by molar-refractivity contribution is -0.141. The van der Waals surface area contributed by atoms with E-state index in [0.29, 0.717) is 17.4 Å². The van der Waals surface area contributed by atoms with E-state index in [1.165, 1.54) is 0 Å². The van der Waals surface area contributed by atoms with Gasteiger partial charge in [0.2, 0.25) is 0 Å². The molecule has 21 heavy (non-hydrogen) atoms. The highest BCUT2D eigenvalue weighted by Gasteiger charge is 2.37. The molecule has 116 valence electrons. The van der Waals surface area contributed by atoms with E-state index in [4.69, 9.17) is 5.73 Å². The Kier molecular flexibility index (Phi) is 3.47. The first-order valence-corrected chi connectivity index (χ1v) is 7.19. The summed E-state index contributed by atoms with van der Waals surface area (Å²) in [4.78, 5) is 7.83. The van der Waals surface area contributed by atoms with Gasteiger partial charge >= 0.3 is 6.18 Å². The Morgan fingerprint density at radius 2 is 2.10 bits per heavy atom. The Bertz CT molecular complexity index is 531. The maximum absolute atomic E-state index is 12.8. The second-order valence-corrected chi connectivity index (χ2v) is 5.92. The second-order valence-electron chi connectivity index (χ2n) is 5.92. The van der Waals surface area contributed by atoms with Crippen molar-refractivity contribution in [2.24, 2.45) is 0 Å². The summed E-state index contributed by atoms with van der Waals surface area (Å²) in [7, 11) is 0. The fourth-order valence-corrected chi connectivity index (χ4v) is 3.38. The number of nitrogen functional groups attached to an aromatic ring is 1. The highest BCUT2D eigenvalue weighted by Crippen LogP contribution is 2.35. The smallest absolute Gasteiger partial charge is 0.396 e. The Morgan fingerprint density at radius 3 is 2.81 bits per heavy atom. The molecule has 3 heterocycles. The largest absolute Gasteiger partial charge is 0.433 e. The van der Waals surface area contributed by atoms with Crippen LogP contribution in [0.2, 0.25) is 0 Å². The first-order valence-electron chi connectivity index (χ1n) is 7.19. The SMILES string of the molecule is CC1CN2CCCC2CN1c1cc(C(F)(F)F)ncc1N. The molecule has 0 amide bonds. The van der Waals surface area contributed by atoms with Gasteiger partial charge in [-0.2, -0.15) is 13.2 Å². The minimum Gasteiger partial charge on any atom is -0.396 e. The van der Waals surface area contributed by atoms with E-state index in [-0.39, 0.29) is 6.04 Å². The zero-order chi connectivity index (χ0) is 15.2. The molecular formula is C14H19F3N4. The van der Waals surface area contributed by atoms with E-state index >= 15 is 0 Å². The number of fused-ring (bicyclic) bond motifs is 1. The number of nitrogens with two attached hydrogens (primary N) is 1. The topological polar surface area (TPSA) is 45.4 Å². The first-order chi connectivity index (χ1) is 9.86.